The molecule has 0 saturated heterocycles. The van der Waals surface area contributed by atoms with E-state index in [0.29, 0.717) is 22.9 Å². The number of aliphatic hydroxyl groups is 1. The molecule has 1 heterocycles. The van der Waals surface area contributed by atoms with Gasteiger partial charge in [-0.05, 0) is 32.0 Å². The lowest BCUT2D eigenvalue weighted by molar-refractivity contribution is 0.189. The summed E-state index contributed by atoms with van der Waals surface area (Å²) in [5.74, 6) is 0.642. The number of ether oxygens (including phenoxy) is 1. The van der Waals surface area contributed by atoms with Gasteiger partial charge in [0.1, 0.15) is 12.4 Å². The standard InChI is InChI=1S/C14H17ClN2O2/c1-3-17-9-16-7-12(17)8-19-14-5-4-11(15)6-13(14)10(2)18/h4-7,9-10,18H,3,8H2,1-2H3/t10-/m1/s1. The fraction of sp³-hybridized carbons (Fsp3) is 0.357. The molecule has 0 spiro atoms. The highest BCUT2D eigenvalue weighted by Gasteiger charge is 2.11. The van der Waals surface area contributed by atoms with Crippen LogP contribution in [0.5, 0.6) is 5.75 Å². The number of aryl methyl sites for hydroxylation is 1. The van der Waals surface area contributed by atoms with E-state index in [-0.39, 0.29) is 0 Å². The average Bonchev–Trinajstić information content (AvgIpc) is 2.84. The fourth-order valence-corrected chi connectivity index (χ4v) is 2.06. The summed E-state index contributed by atoms with van der Waals surface area (Å²) in [6.45, 7) is 5.00. The highest BCUT2D eigenvalue weighted by molar-refractivity contribution is 6.30. The first kappa shape index (κ1) is 13.9. The summed E-state index contributed by atoms with van der Waals surface area (Å²) < 4.78 is 7.77. The molecule has 0 aliphatic heterocycles. The summed E-state index contributed by atoms with van der Waals surface area (Å²) in [6.07, 6.45) is 2.93. The lowest BCUT2D eigenvalue weighted by atomic mass is 10.1. The molecule has 0 amide bonds. The summed E-state index contributed by atoms with van der Waals surface area (Å²) >= 11 is 5.93. The number of aliphatic hydroxyl groups excluding tert-OH is 1. The summed E-state index contributed by atoms with van der Waals surface area (Å²) in [4.78, 5) is 4.09. The molecule has 0 radical (unpaired) electrons. The number of rotatable bonds is 5. The van der Waals surface area contributed by atoms with Crippen LogP contribution in [0, 0.1) is 0 Å². The van der Waals surface area contributed by atoms with Gasteiger partial charge in [0.2, 0.25) is 0 Å². The smallest absolute Gasteiger partial charge is 0.130 e. The number of hydrogen-bond donors (Lipinski definition) is 1. The van der Waals surface area contributed by atoms with Crippen molar-refractivity contribution in [3.05, 3.63) is 47.0 Å². The molecule has 1 atom stereocenters. The van der Waals surface area contributed by atoms with Crippen LogP contribution in [-0.2, 0) is 13.2 Å². The van der Waals surface area contributed by atoms with E-state index in [1.165, 1.54) is 0 Å². The molecule has 1 aromatic heterocycles. The van der Waals surface area contributed by atoms with Crippen LogP contribution in [0.3, 0.4) is 0 Å². The zero-order chi connectivity index (χ0) is 13.8. The van der Waals surface area contributed by atoms with Gasteiger partial charge in [-0.3, -0.25) is 0 Å². The van der Waals surface area contributed by atoms with Gasteiger partial charge in [-0.15, -0.1) is 0 Å². The second-order valence-corrected chi connectivity index (χ2v) is 4.75. The van der Waals surface area contributed by atoms with Crippen LogP contribution in [0.25, 0.3) is 0 Å². The minimum atomic E-state index is -0.621. The van der Waals surface area contributed by atoms with Crippen molar-refractivity contribution in [3.8, 4) is 5.75 Å². The highest BCUT2D eigenvalue weighted by Crippen LogP contribution is 2.28. The molecule has 0 unspecified atom stereocenters. The van der Waals surface area contributed by atoms with E-state index >= 15 is 0 Å². The first-order valence-corrected chi connectivity index (χ1v) is 6.59. The maximum atomic E-state index is 9.73. The van der Waals surface area contributed by atoms with Crippen molar-refractivity contribution in [3.63, 3.8) is 0 Å². The van der Waals surface area contributed by atoms with Gasteiger partial charge in [-0.1, -0.05) is 11.6 Å². The van der Waals surface area contributed by atoms with Gasteiger partial charge in [0, 0.05) is 17.1 Å². The van der Waals surface area contributed by atoms with Crippen molar-refractivity contribution >= 4 is 11.6 Å². The van der Waals surface area contributed by atoms with Crippen LogP contribution in [0.15, 0.2) is 30.7 Å². The number of aromatic nitrogens is 2. The van der Waals surface area contributed by atoms with Gasteiger partial charge in [-0.2, -0.15) is 0 Å². The van der Waals surface area contributed by atoms with Crippen molar-refractivity contribution in [1.29, 1.82) is 0 Å². The average molecular weight is 281 g/mol. The number of benzene rings is 1. The Bertz CT molecular complexity index is 552. The van der Waals surface area contributed by atoms with Crippen molar-refractivity contribution in [1.82, 2.24) is 9.55 Å². The minimum Gasteiger partial charge on any atom is -0.487 e. The molecule has 2 aromatic rings. The summed E-state index contributed by atoms with van der Waals surface area (Å²) in [7, 11) is 0. The van der Waals surface area contributed by atoms with Crippen molar-refractivity contribution in [2.24, 2.45) is 0 Å². The largest absolute Gasteiger partial charge is 0.487 e. The topological polar surface area (TPSA) is 47.3 Å². The molecule has 0 saturated carbocycles. The molecule has 0 aliphatic carbocycles. The molecule has 0 aliphatic rings. The second-order valence-electron chi connectivity index (χ2n) is 4.32. The van der Waals surface area contributed by atoms with Crippen LogP contribution >= 0.6 is 11.6 Å². The molecule has 0 fully saturated rings. The van der Waals surface area contributed by atoms with E-state index in [1.54, 1.807) is 37.6 Å². The first-order valence-electron chi connectivity index (χ1n) is 6.21. The summed E-state index contributed by atoms with van der Waals surface area (Å²) in [5.41, 5.74) is 1.68. The second kappa shape index (κ2) is 6.08. The zero-order valence-electron chi connectivity index (χ0n) is 11.0. The van der Waals surface area contributed by atoms with Gasteiger partial charge in [-0.25, -0.2) is 4.98 Å². The molecule has 19 heavy (non-hydrogen) atoms. The Kier molecular flexibility index (Phi) is 4.45. The predicted octanol–water partition coefficient (Wildman–Crippen LogP) is 3.19. The maximum Gasteiger partial charge on any atom is 0.130 e. The summed E-state index contributed by atoms with van der Waals surface area (Å²) in [6, 6.07) is 5.25. The van der Waals surface area contributed by atoms with Crippen LogP contribution < -0.4 is 4.74 Å². The van der Waals surface area contributed by atoms with E-state index in [2.05, 4.69) is 11.9 Å². The Morgan fingerprint density at radius 1 is 1.47 bits per heavy atom. The van der Waals surface area contributed by atoms with Gasteiger partial charge in [0.05, 0.1) is 24.3 Å². The Balaban J connectivity index is 2.15. The number of nitrogens with zero attached hydrogens (tertiary/aromatic N) is 2. The van der Waals surface area contributed by atoms with E-state index in [4.69, 9.17) is 16.3 Å². The van der Waals surface area contributed by atoms with Crippen molar-refractivity contribution < 1.29 is 9.84 Å². The van der Waals surface area contributed by atoms with E-state index in [9.17, 15) is 5.11 Å². The van der Waals surface area contributed by atoms with E-state index in [0.717, 1.165) is 12.2 Å². The Morgan fingerprint density at radius 2 is 2.26 bits per heavy atom. The highest BCUT2D eigenvalue weighted by atomic mass is 35.5. The normalized spacial score (nSPS) is 12.4. The minimum absolute atomic E-state index is 0.412. The number of hydrogen-bond acceptors (Lipinski definition) is 3. The monoisotopic (exact) mass is 280 g/mol. The van der Waals surface area contributed by atoms with Crippen LogP contribution in [0.4, 0.5) is 0 Å². The SMILES string of the molecule is CCn1cncc1COc1ccc(Cl)cc1[C@@H](C)O. The lowest BCUT2D eigenvalue weighted by Crippen LogP contribution is -2.05. The first-order chi connectivity index (χ1) is 9.11. The molecule has 1 aromatic carbocycles. The molecule has 5 heteroatoms. The summed E-state index contributed by atoms with van der Waals surface area (Å²) in [5, 5.41) is 10.3. The predicted molar refractivity (Wildman–Crippen MR) is 74.3 cm³/mol. The zero-order valence-corrected chi connectivity index (χ0v) is 11.8. The van der Waals surface area contributed by atoms with Crippen LogP contribution in [-0.4, -0.2) is 14.7 Å². The third-order valence-corrected chi connectivity index (χ3v) is 3.17. The molecule has 4 nitrogen and oxygen atoms in total. The van der Waals surface area contributed by atoms with Gasteiger partial charge >= 0.3 is 0 Å². The number of halogens is 1. The van der Waals surface area contributed by atoms with Crippen molar-refractivity contribution in [2.75, 3.05) is 0 Å². The lowest BCUT2D eigenvalue weighted by Gasteiger charge is -2.14. The number of imidazole rings is 1. The van der Waals surface area contributed by atoms with Crippen LogP contribution in [0.1, 0.15) is 31.2 Å². The molecule has 102 valence electrons. The van der Waals surface area contributed by atoms with Crippen LogP contribution in [0.2, 0.25) is 5.02 Å². The molecular weight excluding hydrogens is 264 g/mol. The Hall–Kier alpha value is -1.52. The fourth-order valence-electron chi connectivity index (χ4n) is 1.88. The third kappa shape index (κ3) is 3.28. The molecular formula is C14H17ClN2O2. The Morgan fingerprint density at radius 3 is 2.95 bits per heavy atom. The molecule has 0 bridgehead atoms. The van der Waals surface area contributed by atoms with Crippen molar-refractivity contribution in [2.45, 2.75) is 33.1 Å². The Labute approximate surface area is 117 Å². The van der Waals surface area contributed by atoms with Gasteiger partial charge < -0.3 is 14.4 Å². The third-order valence-electron chi connectivity index (χ3n) is 2.94. The van der Waals surface area contributed by atoms with E-state index < -0.39 is 6.10 Å². The quantitative estimate of drug-likeness (QED) is 0.915. The molecule has 1 N–H and O–H groups in total. The molecule has 2 rings (SSSR count). The maximum absolute atomic E-state index is 9.73. The van der Waals surface area contributed by atoms with Gasteiger partial charge in [0.15, 0.2) is 0 Å². The van der Waals surface area contributed by atoms with E-state index in [1.807, 2.05) is 4.57 Å². The van der Waals surface area contributed by atoms with Gasteiger partial charge in [0.25, 0.3) is 0 Å².